The minimum Gasteiger partial charge on any atom is -0.480 e. The van der Waals surface area contributed by atoms with E-state index in [0.29, 0.717) is 23.6 Å². The van der Waals surface area contributed by atoms with Gasteiger partial charge in [-0.1, -0.05) is 17.7 Å². The van der Waals surface area contributed by atoms with Crippen LogP contribution in [0, 0.1) is 5.82 Å². The molecule has 1 heterocycles. The number of carboxylic acid groups (broad SMARTS) is 1. The Morgan fingerprint density at radius 2 is 2.35 bits per heavy atom. The van der Waals surface area contributed by atoms with Crippen molar-refractivity contribution < 1.29 is 14.3 Å². The van der Waals surface area contributed by atoms with Gasteiger partial charge in [-0.2, -0.15) is 0 Å². The Hall–Kier alpha value is -1.13. The molecule has 3 nitrogen and oxygen atoms in total. The Morgan fingerprint density at radius 3 is 2.88 bits per heavy atom. The maximum absolute atomic E-state index is 13.6. The first-order chi connectivity index (χ1) is 8.03. The van der Waals surface area contributed by atoms with Gasteiger partial charge in [-0.3, -0.25) is 4.79 Å². The van der Waals surface area contributed by atoms with Gasteiger partial charge in [-0.15, -0.1) is 0 Å². The van der Waals surface area contributed by atoms with E-state index >= 15 is 0 Å². The first kappa shape index (κ1) is 12.3. The smallest absolute Gasteiger partial charge is 0.324 e. The molecular formula is C12H13ClFNO2. The molecule has 1 fully saturated rings. The van der Waals surface area contributed by atoms with Crippen LogP contribution < -0.4 is 5.32 Å². The number of hydrogen-bond acceptors (Lipinski definition) is 2. The van der Waals surface area contributed by atoms with Gasteiger partial charge in [0.2, 0.25) is 0 Å². The highest BCUT2D eigenvalue weighted by atomic mass is 35.5. The molecule has 17 heavy (non-hydrogen) atoms. The van der Waals surface area contributed by atoms with Crippen molar-refractivity contribution in [3.05, 3.63) is 34.6 Å². The summed E-state index contributed by atoms with van der Waals surface area (Å²) in [5.41, 5.74) is -0.652. The van der Waals surface area contributed by atoms with Crippen molar-refractivity contribution in [1.82, 2.24) is 5.32 Å². The Bertz CT molecular complexity index is 444. The fraction of sp³-hybridized carbons (Fsp3) is 0.417. The van der Waals surface area contributed by atoms with Crippen LogP contribution in [-0.2, 0) is 11.2 Å². The first-order valence-electron chi connectivity index (χ1n) is 5.46. The zero-order chi connectivity index (χ0) is 12.5. The van der Waals surface area contributed by atoms with E-state index < -0.39 is 17.3 Å². The third-order valence-corrected chi connectivity index (χ3v) is 3.40. The molecule has 0 saturated carbocycles. The maximum atomic E-state index is 13.6. The van der Waals surface area contributed by atoms with E-state index in [9.17, 15) is 14.3 Å². The lowest BCUT2D eigenvalue weighted by Gasteiger charge is -2.24. The Kier molecular flexibility index (Phi) is 3.35. The van der Waals surface area contributed by atoms with Crippen LogP contribution in [0.15, 0.2) is 18.2 Å². The van der Waals surface area contributed by atoms with E-state index in [0.717, 1.165) is 6.42 Å². The summed E-state index contributed by atoms with van der Waals surface area (Å²) in [7, 11) is 0. The number of carboxylic acids is 1. The van der Waals surface area contributed by atoms with E-state index in [1.54, 1.807) is 12.1 Å². The summed E-state index contributed by atoms with van der Waals surface area (Å²) >= 11 is 5.66. The third kappa shape index (κ3) is 2.42. The highest BCUT2D eigenvalue weighted by molar-refractivity contribution is 6.30. The molecule has 1 saturated heterocycles. The second-order valence-corrected chi connectivity index (χ2v) is 4.77. The fourth-order valence-corrected chi connectivity index (χ4v) is 2.36. The summed E-state index contributed by atoms with van der Waals surface area (Å²) in [5, 5.41) is 12.5. The molecule has 5 heteroatoms. The Labute approximate surface area is 104 Å². The molecule has 92 valence electrons. The van der Waals surface area contributed by atoms with Crippen molar-refractivity contribution in [2.45, 2.75) is 24.8 Å². The van der Waals surface area contributed by atoms with Gasteiger partial charge in [0.25, 0.3) is 0 Å². The molecule has 2 rings (SSSR count). The normalized spacial score (nSPS) is 23.9. The molecule has 0 aliphatic carbocycles. The summed E-state index contributed by atoms with van der Waals surface area (Å²) in [6, 6.07) is 4.33. The minimum atomic E-state index is -1.03. The molecule has 1 aliphatic rings. The second-order valence-electron chi connectivity index (χ2n) is 4.33. The highest BCUT2D eigenvalue weighted by Crippen LogP contribution is 2.26. The molecule has 1 unspecified atom stereocenters. The number of carbonyl (C=O) groups is 1. The van der Waals surface area contributed by atoms with Gasteiger partial charge in [-0.25, -0.2) is 4.39 Å². The van der Waals surface area contributed by atoms with Crippen molar-refractivity contribution in [1.29, 1.82) is 0 Å². The van der Waals surface area contributed by atoms with Crippen molar-refractivity contribution in [3.8, 4) is 0 Å². The molecule has 1 aliphatic heterocycles. The predicted molar refractivity (Wildman–Crippen MR) is 62.7 cm³/mol. The molecule has 1 aromatic carbocycles. The summed E-state index contributed by atoms with van der Waals surface area (Å²) < 4.78 is 13.6. The molecule has 0 spiro atoms. The summed E-state index contributed by atoms with van der Waals surface area (Å²) in [6.07, 6.45) is 1.46. The van der Waals surface area contributed by atoms with Gasteiger partial charge < -0.3 is 10.4 Å². The van der Waals surface area contributed by atoms with E-state index in [-0.39, 0.29) is 6.42 Å². The molecule has 1 aromatic rings. The second kappa shape index (κ2) is 4.63. The number of nitrogens with one attached hydrogen (secondary N) is 1. The average molecular weight is 258 g/mol. The lowest BCUT2D eigenvalue weighted by atomic mass is 9.89. The van der Waals surface area contributed by atoms with Gasteiger partial charge >= 0.3 is 5.97 Å². The number of aliphatic carboxylic acids is 1. The number of hydrogen-bond donors (Lipinski definition) is 2. The van der Waals surface area contributed by atoms with E-state index in [1.807, 2.05) is 0 Å². The lowest BCUT2D eigenvalue weighted by molar-refractivity contribution is -0.144. The quantitative estimate of drug-likeness (QED) is 0.873. The molecule has 0 bridgehead atoms. The zero-order valence-electron chi connectivity index (χ0n) is 9.17. The van der Waals surface area contributed by atoms with Crippen LogP contribution in [0.3, 0.4) is 0 Å². The van der Waals surface area contributed by atoms with Gasteiger partial charge in [0.05, 0.1) is 0 Å². The van der Waals surface area contributed by atoms with Crippen molar-refractivity contribution in [3.63, 3.8) is 0 Å². The monoisotopic (exact) mass is 257 g/mol. The van der Waals surface area contributed by atoms with Crippen LogP contribution in [0.2, 0.25) is 5.02 Å². The Balaban J connectivity index is 2.26. The van der Waals surface area contributed by atoms with Crippen LogP contribution in [-0.4, -0.2) is 23.2 Å². The zero-order valence-corrected chi connectivity index (χ0v) is 9.93. The largest absolute Gasteiger partial charge is 0.480 e. The van der Waals surface area contributed by atoms with Gasteiger partial charge in [0.15, 0.2) is 0 Å². The van der Waals surface area contributed by atoms with Crippen LogP contribution >= 0.6 is 11.6 Å². The Morgan fingerprint density at radius 1 is 1.59 bits per heavy atom. The average Bonchev–Trinajstić information content (AvgIpc) is 2.72. The summed E-state index contributed by atoms with van der Waals surface area (Å²) in [4.78, 5) is 11.3. The number of benzene rings is 1. The number of halogens is 2. The van der Waals surface area contributed by atoms with Gasteiger partial charge in [0, 0.05) is 11.4 Å². The molecule has 1 atom stereocenters. The van der Waals surface area contributed by atoms with Crippen molar-refractivity contribution in [2.24, 2.45) is 0 Å². The standard InChI is InChI=1S/C12H13ClFNO2/c13-9-3-2-8(10(14)6-9)7-12(11(16)17)4-1-5-15-12/h2-3,6,15H,1,4-5,7H2,(H,16,17). The van der Waals surface area contributed by atoms with Crippen LogP contribution in [0.5, 0.6) is 0 Å². The van der Waals surface area contributed by atoms with Crippen molar-refractivity contribution in [2.75, 3.05) is 6.54 Å². The maximum Gasteiger partial charge on any atom is 0.324 e. The van der Waals surface area contributed by atoms with Crippen molar-refractivity contribution >= 4 is 17.6 Å². The van der Waals surface area contributed by atoms with Crippen LogP contribution in [0.4, 0.5) is 4.39 Å². The highest BCUT2D eigenvalue weighted by Gasteiger charge is 2.41. The topological polar surface area (TPSA) is 49.3 Å². The first-order valence-corrected chi connectivity index (χ1v) is 5.84. The van der Waals surface area contributed by atoms with Crippen LogP contribution in [0.1, 0.15) is 18.4 Å². The summed E-state index contributed by atoms with van der Waals surface area (Å²) in [5.74, 6) is -1.38. The predicted octanol–water partition coefficient (Wildman–Crippen LogP) is 2.23. The summed E-state index contributed by atoms with van der Waals surface area (Å²) in [6.45, 7) is 0.654. The van der Waals surface area contributed by atoms with E-state index in [4.69, 9.17) is 11.6 Å². The fourth-order valence-electron chi connectivity index (χ4n) is 2.21. The van der Waals surface area contributed by atoms with Crippen LogP contribution in [0.25, 0.3) is 0 Å². The lowest BCUT2D eigenvalue weighted by Crippen LogP contribution is -2.49. The SMILES string of the molecule is O=C(O)C1(Cc2ccc(Cl)cc2F)CCCN1. The van der Waals surface area contributed by atoms with E-state index in [2.05, 4.69) is 5.32 Å². The molecule has 0 radical (unpaired) electrons. The molecule has 0 amide bonds. The van der Waals surface area contributed by atoms with E-state index in [1.165, 1.54) is 6.07 Å². The minimum absolute atomic E-state index is 0.144. The van der Waals surface area contributed by atoms with Gasteiger partial charge in [0.1, 0.15) is 11.4 Å². The van der Waals surface area contributed by atoms with Gasteiger partial charge in [-0.05, 0) is 37.1 Å². The third-order valence-electron chi connectivity index (χ3n) is 3.16. The molecular weight excluding hydrogens is 245 g/mol. The molecule has 2 N–H and O–H groups in total. The number of rotatable bonds is 3. The molecule has 0 aromatic heterocycles.